The predicted octanol–water partition coefficient (Wildman–Crippen LogP) is 1.82. The summed E-state index contributed by atoms with van der Waals surface area (Å²) in [5.41, 5.74) is 0.0364. The standard InChI is InChI=1S/C18H33N3O4/c1-5-18(6-2)14(10-15(18)25-4)20-17(24)19-12-8-13(9-12)21(7-3)11-16(22)23/h12-15H,5-11H2,1-4H3,(H,22,23)(H2,19,20,24). The molecule has 2 unspecified atom stereocenters. The van der Waals surface area contributed by atoms with E-state index >= 15 is 0 Å². The number of aliphatic carboxylic acids is 1. The average Bonchev–Trinajstić information content (AvgIpc) is 2.53. The Labute approximate surface area is 150 Å². The van der Waals surface area contributed by atoms with Gasteiger partial charge in [-0.1, -0.05) is 20.8 Å². The molecule has 2 aliphatic rings. The highest BCUT2D eigenvalue weighted by atomic mass is 16.5. The lowest BCUT2D eigenvalue weighted by Gasteiger charge is -2.55. The van der Waals surface area contributed by atoms with Gasteiger partial charge in [0.2, 0.25) is 0 Å². The molecule has 0 heterocycles. The molecule has 2 atom stereocenters. The van der Waals surface area contributed by atoms with Gasteiger partial charge in [0.15, 0.2) is 0 Å². The monoisotopic (exact) mass is 355 g/mol. The van der Waals surface area contributed by atoms with Crippen molar-refractivity contribution < 1.29 is 19.4 Å². The fraction of sp³-hybridized carbons (Fsp3) is 0.889. The second-order valence-electron chi connectivity index (χ2n) is 7.35. The lowest BCUT2D eigenvalue weighted by Crippen LogP contribution is -2.66. The second-order valence-corrected chi connectivity index (χ2v) is 7.35. The van der Waals surface area contributed by atoms with E-state index in [9.17, 15) is 9.59 Å². The largest absolute Gasteiger partial charge is 0.480 e. The van der Waals surface area contributed by atoms with Crippen LogP contribution in [0.5, 0.6) is 0 Å². The van der Waals surface area contributed by atoms with E-state index in [0.29, 0.717) is 6.54 Å². The number of amides is 2. The van der Waals surface area contributed by atoms with Crippen molar-refractivity contribution in [3.8, 4) is 0 Å². The number of hydrogen-bond donors (Lipinski definition) is 3. The van der Waals surface area contributed by atoms with Gasteiger partial charge in [0, 0.05) is 30.7 Å². The van der Waals surface area contributed by atoms with Crippen molar-refractivity contribution in [2.75, 3.05) is 20.2 Å². The SMILES string of the molecule is CCN(CC(=O)O)C1CC(NC(=O)NC2CC(OC)C2(CC)CC)C1. The normalized spacial score (nSPS) is 30.3. The van der Waals surface area contributed by atoms with Crippen LogP contribution in [0.1, 0.15) is 52.9 Å². The van der Waals surface area contributed by atoms with Gasteiger partial charge >= 0.3 is 12.0 Å². The van der Waals surface area contributed by atoms with Crippen molar-refractivity contribution in [2.24, 2.45) is 5.41 Å². The lowest BCUT2D eigenvalue weighted by molar-refractivity contribution is -0.139. The molecular formula is C18H33N3O4. The summed E-state index contributed by atoms with van der Waals surface area (Å²) in [5.74, 6) is -0.802. The first-order chi connectivity index (χ1) is 11.9. The molecule has 0 spiro atoms. The number of carboxylic acids is 1. The third kappa shape index (κ3) is 4.08. The van der Waals surface area contributed by atoms with E-state index in [1.807, 2.05) is 11.8 Å². The van der Waals surface area contributed by atoms with Crippen LogP contribution in [0.3, 0.4) is 0 Å². The summed E-state index contributed by atoms with van der Waals surface area (Å²) in [5, 5.41) is 15.1. The molecule has 0 radical (unpaired) electrons. The highest BCUT2D eigenvalue weighted by molar-refractivity contribution is 5.75. The van der Waals surface area contributed by atoms with E-state index in [1.54, 1.807) is 7.11 Å². The highest BCUT2D eigenvalue weighted by Crippen LogP contribution is 2.48. The molecule has 2 rings (SSSR count). The summed E-state index contributed by atoms with van der Waals surface area (Å²) in [4.78, 5) is 25.1. The highest BCUT2D eigenvalue weighted by Gasteiger charge is 2.53. The number of carboxylic acid groups (broad SMARTS) is 1. The molecular weight excluding hydrogens is 322 g/mol. The average molecular weight is 355 g/mol. The third-order valence-electron chi connectivity index (χ3n) is 6.40. The number of nitrogens with one attached hydrogen (secondary N) is 2. The molecule has 0 aromatic rings. The molecule has 25 heavy (non-hydrogen) atoms. The maximum absolute atomic E-state index is 12.3. The van der Waals surface area contributed by atoms with Gasteiger partial charge in [-0.2, -0.15) is 0 Å². The maximum Gasteiger partial charge on any atom is 0.317 e. The number of methoxy groups -OCH3 is 1. The van der Waals surface area contributed by atoms with Crippen LogP contribution in [0, 0.1) is 5.41 Å². The zero-order valence-corrected chi connectivity index (χ0v) is 15.9. The van der Waals surface area contributed by atoms with Crippen LogP contribution in [0.15, 0.2) is 0 Å². The number of hydrogen-bond acceptors (Lipinski definition) is 4. The minimum Gasteiger partial charge on any atom is -0.480 e. The number of urea groups is 1. The van der Waals surface area contributed by atoms with Crippen LogP contribution in [-0.2, 0) is 9.53 Å². The van der Waals surface area contributed by atoms with Crippen LogP contribution < -0.4 is 10.6 Å². The van der Waals surface area contributed by atoms with Gasteiger partial charge in [-0.05, 0) is 38.6 Å². The number of carbonyl (C=O) groups excluding carboxylic acids is 1. The van der Waals surface area contributed by atoms with E-state index < -0.39 is 5.97 Å². The first-order valence-electron chi connectivity index (χ1n) is 9.45. The van der Waals surface area contributed by atoms with Crippen molar-refractivity contribution in [3.05, 3.63) is 0 Å². The molecule has 0 bridgehead atoms. The van der Waals surface area contributed by atoms with Crippen molar-refractivity contribution in [1.82, 2.24) is 15.5 Å². The van der Waals surface area contributed by atoms with Crippen LogP contribution >= 0.6 is 0 Å². The molecule has 0 aliphatic heterocycles. The summed E-state index contributed by atoms with van der Waals surface area (Å²) in [6, 6.07) is 0.417. The van der Waals surface area contributed by atoms with Crippen molar-refractivity contribution in [2.45, 2.75) is 77.1 Å². The smallest absolute Gasteiger partial charge is 0.317 e. The van der Waals surface area contributed by atoms with E-state index in [1.165, 1.54) is 0 Å². The van der Waals surface area contributed by atoms with Crippen LogP contribution in [-0.4, -0.2) is 66.4 Å². The van der Waals surface area contributed by atoms with Gasteiger partial charge < -0.3 is 20.5 Å². The number of rotatable bonds is 9. The van der Waals surface area contributed by atoms with Crippen LogP contribution in [0.2, 0.25) is 0 Å². The van der Waals surface area contributed by atoms with Gasteiger partial charge in [0.05, 0.1) is 12.6 Å². The number of nitrogens with zero attached hydrogens (tertiary/aromatic N) is 1. The summed E-state index contributed by atoms with van der Waals surface area (Å²) >= 11 is 0. The predicted molar refractivity (Wildman–Crippen MR) is 95.6 cm³/mol. The molecule has 2 fully saturated rings. The molecule has 0 aromatic carbocycles. The van der Waals surface area contributed by atoms with Crippen molar-refractivity contribution in [1.29, 1.82) is 0 Å². The lowest BCUT2D eigenvalue weighted by atomic mass is 9.58. The molecule has 2 saturated carbocycles. The van der Waals surface area contributed by atoms with Gasteiger partial charge in [-0.3, -0.25) is 9.69 Å². The zero-order valence-electron chi connectivity index (χ0n) is 15.9. The number of carbonyl (C=O) groups is 2. The Morgan fingerprint density at radius 3 is 2.28 bits per heavy atom. The Morgan fingerprint density at radius 1 is 1.16 bits per heavy atom. The quantitative estimate of drug-likeness (QED) is 0.587. The molecule has 7 heteroatoms. The molecule has 7 nitrogen and oxygen atoms in total. The van der Waals surface area contributed by atoms with E-state index in [2.05, 4.69) is 24.5 Å². The fourth-order valence-corrected chi connectivity index (χ4v) is 4.54. The molecule has 2 amide bonds. The Balaban J connectivity index is 1.76. The van der Waals surface area contributed by atoms with E-state index in [4.69, 9.17) is 9.84 Å². The zero-order chi connectivity index (χ0) is 18.6. The Bertz CT molecular complexity index is 475. The van der Waals surface area contributed by atoms with Gasteiger partial charge in [0.1, 0.15) is 0 Å². The summed E-state index contributed by atoms with van der Waals surface area (Å²) < 4.78 is 5.57. The fourth-order valence-electron chi connectivity index (χ4n) is 4.54. The Hall–Kier alpha value is -1.34. The van der Waals surface area contributed by atoms with Crippen molar-refractivity contribution in [3.63, 3.8) is 0 Å². The van der Waals surface area contributed by atoms with Crippen LogP contribution in [0.25, 0.3) is 0 Å². The molecule has 0 saturated heterocycles. The first-order valence-corrected chi connectivity index (χ1v) is 9.45. The third-order valence-corrected chi connectivity index (χ3v) is 6.40. The van der Waals surface area contributed by atoms with E-state index in [0.717, 1.165) is 32.1 Å². The number of ether oxygens (including phenoxy) is 1. The summed E-state index contributed by atoms with van der Waals surface area (Å²) in [6.45, 7) is 7.05. The van der Waals surface area contributed by atoms with Crippen molar-refractivity contribution >= 4 is 12.0 Å². The number of likely N-dealkylation sites (N-methyl/N-ethyl adjacent to an activating group) is 1. The minimum absolute atomic E-state index is 0.0364. The van der Waals surface area contributed by atoms with Gasteiger partial charge in [-0.15, -0.1) is 0 Å². The molecule has 144 valence electrons. The second kappa shape index (κ2) is 8.36. The van der Waals surface area contributed by atoms with Crippen LogP contribution in [0.4, 0.5) is 4.79 Å². The topological polar surface area (TPSA) is 90.9 Å². The maximum atomic E-state index is 12.3. The Kier molecular flexibility index (Phi) is 6.68. The molecule has 2 aliphatic carbocycles. The molecule has 0 aromatic heterocycles. The summed E-state index contributed by atoms with van der Waals surface area (Å²) in [6.07, 6.45) is 4.67. The van der Waals surface area contributed by atoms with E-state index in [-0.39, 0.29) is 42.2 Å². The molecule has 3 N–H and O–H groups in total. The Morgan fingerprint density at radius 2 is 1.80 bits per heavy atom. The van der Waals surface area contributed by atoms with Gasteiger partial charge in [0.25, 0.3) is 0 Å². The minimum atomic E-state index is -0.802. The van der Waals surface area contributed by atoms with Gasteiger partial charge in [-0.25, -0.2) is 4.79 Å². The first kappa shape index (κ1) is 20.0. The summed E-state index contributed by atoms with van der Waals surface area (Å²) in [7, 11) is 1.74.